The molecule has 2 heterocycles. The Morgan fingerprint density at radius 1 is 1.29 bits per heavy atom. The minimum Gasteiger partial charge on any atom is -0.381 e. The summed E-state index contributed by atoms with van der Waals surface area (Å²) in [7, 11) is 0. The minimum atomic E-state index is -0.798. The summed E-state index contributed by atoms with van der Waals surface area (Å²) < 4.78 is 11.3. The minimum absolute atomic E-state index is 0.00942. The summed E-state index contributed by atoms with van der Waals surface area (Å²) in [5.41, 5.74) is 5.47. The van der Waals surface area contributed by atoms with Gasteiger partial charge < -0.3 is 20.5 Å². The van der Waals surface area contributed by atoms with Gasteiger partial charge in [-0.25, -0.2) is 0 Å². The fourth-order valence-corrected chi connectivity index (χ4v) is 4.39. The number of nitrogens with one attached hydrogen (secondary N) is 1. The van der Waals surface area contributed by atoms with E-state index in [1.54, 1.807) is 0 Å². The lowest BCUT2D eigenvalue weighted by molar-refractivity contribution is -0.225. The molecule has 0 radical (unpaired) electrons. The van der Waals surface area contributed by atoms with Crippen molar-refractivity contribution < 1.29 is 14.3 Å². The molecular formula is C16H28N2O3. The average molecular weight is 296 g/mol. The highest BCUT2D eigenvalue weighted by Crippen LogP contribution is 2.57. The molecule has 3 rings (SSSR count). The van der Waals surface area contributed by atoms with Crippen LogP contribution in [0.2, 0.25) is 0 Å². The zero-order chi connectivity index (χ0) is 15.1. The van der Waals surface area contributed by atoms with Crippen molar-refractivity contribution >= 4 is 5.91 Å². The summed E-state index contributed by atoms with van der Waals surface area (Å²) in [4.78, 5) is 12.7. The molecule has 1 aliphatic carbocycles. The second kappa shape index (κ2) is 5.52. The number of ether oxygens (including phenoxy) is 2. The molecule has 3 N–H and O–H groups in total. The molecule has 4 atom stereocenters. The van der Waals surface area contributed by atoms with Crippen molar-refractivity contribution in [2.24, 2.45) is 23.0 Å². The van der Waals surface area contributed by atoms with Crippen molar-refractivity contribution in [1.82, 2.24) is 5.32 Å². The van der Waals surface area contributed by atoms with Gasteiger partial charge in [0.25, 0.3) is 0 Å². The Labute approximate surface area is 126 Å². The number of hydrogen-bond acceptors (Lipinski definition) is 4. The van der Waals surface area contributed by atoms with E-state index in [0.29, 0.717) is 12.5 Å². The van der Waals surface area contributed by atoms with Gasteiger partial charge in [-0.05, 0) is 31.6 Å². The van der Waals surface area contributed by atoms with Crippen molar-refractivity contribution in [3.63, 3.8) is 0 Å². The van der Waals surface area contributed by atoms with Crippen molar-refractivity contribution in [1.29, 1.82) is 0 Å². The maximum atomic E-state index is 12.7. The number of rotatable bonds is 3. The first-order valence-corrected chi connectivity index (χ1v) is 8.24. The summed E-state index contributed by atoms with van der Waals surface area (Å²) in [5, 5.41) is 3.08. The lowest BCUT2D eigenvalue weighted by atomic mass is 9.46. The molecule has 1 saturated carbocycles. The molecule has 0 spiro atoms. The molecule has 2 aliphatic heterocycles. The van der Waals surface area contributed by atoms with E-state index >= 15 is 0 Å². The molecule has 5 nitrogen and oxygen atoms in total. The van der Waals surface area contributed by atoms with Gasteiger partial charge in [-0.3, -0.25) is 4.79 Å². The van der Waals surface area contributed by atoms with E-state index in [1.165, 1.54) is 0 Å². The van der Waals surface area contributed by atoms with Gasteiger partial charge in [0.1, 0.15) is 5.54 Å². The zero-order valence-electron chi connectivity index (χ0n) is 13.2. The lowest BCUT2D eigenvalue weighted by Gasteiger charge is -2.65. The largest absolute Gasteiger partial charge is 0.381 e. The molecule has 2 saturated heterocycles. The number of carbonyl (C=O) groups excluding carboxylic acids is 1. The third-order valence-corrected chi connectivity index (χ3v) is 5.87. The third-order valence-electron chi connectivity index (χ3n) is 5.87. The molecule has 0 aromatic heterocycles. The predicted molar refractivity (Wildman–Crippen MR) is 79.7 cm³/mol. The summed E-state index contributed by atoms with van der Waals surface area (Å²) >= 11 is 0. The highest BCUT2D eigenvalue weighted by molar-refractivity contribution is 5.89. The van der Waals surface area contributed by atoms with Crippen LogP contribution in [-0.2, 0) is 14.3 Å². The lowest BCUT2D eigenvalue weighted by Crippen LogP contribution is -2.82. The number of nitrogens with two attached hydrogens (primary N) is 1. The van der Waals surface area contributed by atoms with E-state index in [0.717, 1.165) is 45.5 Å². The van der Waals surface area contributed by atoms with Crippen LogP contribution in [0.4, 0.5) is 0 Å². The number of hydrogen-bond donors (Lipinski definition) is 2. The SMILES string of the molecule is CC1(C)C2OCCCC2C1(N)C(=O)NCC1CCCOC1. The summed E-state index contributed by atoms with van der Waals surface area (Å²) in [6.45, 7) is 7.18. The van der Waals surface area contributed by atoms with Gasteiger partial charge in [0.05, 0.1) is 12.7 Å². The monoisotopic (exact) mass is 296 g/mol. The van der Waals surface area contributed by atoms with E-state index < -0.39 is 5.54 Å². The maximum absolute atomic E-state index is 12.7. The second-order valence-electron chi connectivity index (χ2n) is 7.42. The van der Waals surface area contributed by atoms with Crippen LogP contribution in [0, 0.1) is 17.3 Å². The van der Waals surface area contributed by atoms with E-state index in [1.807, 2.05) is 0 Å². The highest BCUT2D eigenvalue weighted by atomic mass is 16.5. The van der Waals surface area contributed by atoms with Crippen molar-refractivity contribution in [2.75, 3.05) is 26.4 Å². The van der Waals surface area contributed by atoms with Crippen LogP contribution in [0.5, 0.6) is 0 Å². The Hall–Kier alpha value is -0.650. The number of carbonyl (C=O) groups is 1. The van der Waals surface area contributed by atoms with Gasteiger partial charge in [0, 0.05) is 31.1 Å². The Morgan fingerprint density at radius 2 is 2.05 bits per heavy atom. The Bertz CT molecular complexity index is 406. The van der Waals surface area contributed by atoms with Crippen LogP contribution < -0.4 is 11.1 Å². The van der Waals surface area contributed by atoms with Crippen LogP contribution in [0.25, 0.3) is 0 Å². The van der Waals surface area contributed by atoms with Crippen LogP contribution in [0.15, 0.2) is 0 Å². The van der Waals surface area contributed by atoms with Gasteiger partial charge in [0.2, 0.25) is 5.91 Å². The first-order valence-electron chi connectivity index (χ1n) is 8.24. The predicted octanol–water partition coefficient (Wildman–Crippen LogP) is 1.06. The maximum Gasteiger partial charge on any atom is 0.241 e. The first kappa shape index (κ1) is 15.3. The van der Waals surface area contributed by atoms with Gasteiger partial charge in [-0.1, -0.05) is 13.8 Å². The van der Waals surface area contributed by atoms with Crippen LogP contribution in [0.1, 0.15) is 39.5 Å². The number of fused-ring (bicyclic) bond motifs is 1. The zero-order valence-corrected chi connectivity index (χ0v) is 13.2. The van der Waals surface area contributed by atoms with Crippen LogP contribution in [0.3, 0.4) is 0 Å². The first-order chi connectivity index (χ1) is 9.98. The summed E-state index contributed by atoms with van der Waals surface area (Å²) in [6.07, 6.45) is 4.32. The van der Waals surface area contributed by atoms with Gasteiger partial charge in [-0.15, -0.1) is 0 Å². The quantitative estimate of drug-likeness (QED) is 0.817. The van der Waals surface area contributed by atoms with Crippen LogP contribution in [-0.4, -0.2) is 43.9 Å². The van der Waals surface area contributed by atoms with E-state index in [2.05, 4.69) is 19.2 Å². The third kappa shape index (κ3) is 2.30. The average Bonchev–Trinajstić information content (AvgIpc) is 2.52. The Kier molecular flexibility index (Phi) is 4.01. The molecule has 5 heteroatoms. The molecular weight excluding hydrogens is 268 g/mol. The Morgan fingerprint density at radius 3 is 2.76 bits per heavy atom. The smallest absolute Gasteiger partial charge is 0.241 e. The van der Waals surface area contributed by atoms with Crippen LogP contribution >= 0.6 is 0 Å². The van der Waals surface area contributed by atoms with Crippen molar-refractivity contribution in [3.8, 4) is 0 Å². The van der Waals surface area contributed by atoms with E-state index in [4.69, 9.17) is 15.2 Å². The molecule has 0 aromatic carbocycles. The molecule has 21 heavy (non-hydrogen) atoms. The normalized spacial score (nSPS) is 41.8. The van der Waals surface area contributed by atoms with Gasteiger partial charge >= 0.3 is 0 Å². The van der Waals surface area contributed by atoms with Gasteiger partial charge in [0.15, 0.2) is 0 Å². The molecule has 120 valence electrons. The fourth-order valence-electron chi connectivity index (χ4n) is 4.39. The molecule has 1 amide bonds. The Balaban J connectivity index is 1.62. The van der Waals surface area contributed by atoms with Crippen molar-refractivity contribution in [2.45, 2.75) is 51.2 Å². The molecule has 0 bridgehead atoms. The number of amides is 1. The van der Waals surface area contributed by atoms with Gasteiger partial charge in [-0.2, -0.15) is 0 Å². The molecule has 0 aromatic rings. The van der Waals surface area contributed by atoms with Crippen molar-refractivity contribution in [3.05, 3.63) is 0 Å². The molecule has 3 fully saturated rings. The molecule has 3 aliphatic rings. The molecule has 4 unspecified atom stereocenters. The van der Waals surface area contributed by atoms with E-state index in [9.17, 15) is 4.79 Å². The second-order valence-corrected chi connectivity index (χ2v) is 7.42. The van der Waals surface area contributed by atoms with E-state index in [-0.39, 0.29) is 23.3 Å². The summed E-state index contributed by atoms with van der Waals surface area (Å²) in [6, 6.07) is 0. The highest BCUT2D eigenvalue weighted by Gasteiger charge is 2.70. The fraction of sp³-hybridized carbons (Fsp3) is 0.938. The standard InChI is InChI=1S/C16H28N2O3/c1-15(2)13-12(6-4-8-21-13)16(15,17)14(19)18-9-11-5-3-7-20-10-11/h11-13H,3-10,17H2,1-2H3,(H,18,19). The topological polar surface area (TPSA) is 73.6 Å². The summed E-state index contributed by atoms with van der Waals surface area (Å²) in [5.74, 6) is 0.571.